The van der Waals surface area contributed by atoms with E-state index in [1.54, 1.807) is 0 Å². The molecule has 2 aromatic rings. The molecule has 1 aliphatic rings. The highest BCUT2D eigenvalue weighted by atomic mass is 16.2. The molecule has 0 aliphatic carbocycles. The Labute approximate surface area is 125 Å². The van der Waals surface area contributed by atoms with Crippen LogP contribution in [0.1, 0.15) is 22.1 Å². The van der Waals surface area contributed by atoms with Crippen LogP contribution in [0.25, 0.3) is 0 Å². The minimum atomic E-state index is 0.122. The number of hydrogen-bond acceptors (Lipinski definition) is 2. The third kappa shape index (κ3) is 2.72. The van der Waals surface area contributed by atoms with Gasteiger partial charge in [-0.15, -0.1) is 0 Å². The monoisotopic (exact) mass is 283 g/mol. The van der Waals surface area contributed by atoms with E-state index in [2.05, 4.69) is 36.2 Å². The molecule has 0 saturated carbocycles. The molecule has 1 fully saturated rings. The summed E-state index contributed by atoms with van der Waals surface area (Å²) >= 11 is 0. The quantitative estimate of drug-likeness (QED) is 0.845. The van der Waals surface area contributed by atoms with E-state index in [1.165, 1.54) is 5.56 Å². The molecule has 110 valence electrons. The van der Waals surface area contributed by atoms with Crippen LogP contribution in [-0.2, 0) is 7.05 Å². The van der Waals surface area contributed by atoms with Crippen LogP contribution in [0, 0.1) is 0 Å². The number of benzene rings is 1. The number of carbonyl (C=O) groups excluding carboxylic acids is 1. The Kier molecular flexibility index (Phi) is 3.80. The minimum Gasteiger partial charge on any atom is -0.347 e. The van der Waals surface area contributed by atoms with Gasteiger partial charge in [-0.05, 0) is 24.7 Å². The molecule has 1 unspecified atom stereocenters. The lowest BCUT2D eigenvalue weighted by molar-refractivity contribution is 0.0537. The molecular weight excluding hydrogens is 262 g/mol. The first-order valence-corrected chi connectivity index (χ1v) is 7.32. The van der Waals surface area contributed by atoms with Crippen molar-refractivity contribution >= 4 is 5.91 Å². The molecule has 0 spiro atoms. The molecule has 2 heterocycles. The van der Waals surface area contributed by atoms with Gasteiger partial charge < -0.3 is 9.47 Å². The molecule has 0 bridgehead atoms. The summed E-state index contributed by atoms with van der Waals surface area (Å²) in [5.41, 5.74) is 2.02. The summed E-state index contributed by atoms with van der Waals surface area (Å²) in [6.45, 7) is 2.42. The van der Waals surface area contributed by atoms with Crippen LogP contribution in [-0.4, -0.2) is 47.0 Å². The zero-order valence-corrected chi connectivity index (χ0v) is 12.6. The van der Waals surface area contributed by atoms with Gasteiger partial charge in [0.2, 0.25) is 0 Å². The maximum absolute atomic E-state index is 12.7. The van der Waals surface area contributed by atoms with Crippen LogP contribution in [0.3, 0.4) is 0 Å². The SMILES string of the molecule is CN1CCN(C(=O)c2cccn2C)CC1c1ccccc1. The molecule has 4 nitrogen and oxygen atoms in total. The Hall–Kier alpha value is -2.07. The molecule has 0 N–H and O–H groups in total. The van der Waals surface area contributed by atoms with E-state index in [9.17, 15) is 4.79 Å². The lowest BCUT2D eigenvalue weighted by Crippen LogP contribution is -2.49. The van der Waals surface area contributed by atoms with E-state index in [0.717, 1.165) is 25.3 Å². The second kappa shape index (κ2) is 5.74. The van der Waals surface area contributed by atoms with Gasteiger partial charge in [-0.2, -0.15) is 0 Å². The lowest BCUT2D eigenvalue weighted by Gasteiger charge is -2.39. The number of aryl methyl sites for hydroxylation is 1. The minimum absolute atomic E-state index is 0.122. The summed E-state index contributed by atoms with van der Waals surface area (Å²) in [6.07, 6.45) is 1.91. The molecule has 1 saturated heterocycles. The van der Waals surface area contributed by atoms with Gasteiger partial charge in [-0.1, -0.05) is 30.3 Å². The summed E-state index contributed by atoms with van der Waals surface area (Å²) < 4.78 is 1.89. The zero-order chi connectivity index (χ0) is 14.8. The third-order valence-electron chi connectivity index (χ3n) is 4.28. The molecule has 0 radical (unpaired) electrons. The average Bonchev–Trinajstić information content (AvgIpc) is 2.94. The molecule has 1 aromatic carbocycles. The lowest BCUT2D eigenvalue weighted by atomic mass is 10.0. The van der Waals surface area contributed by atoms with Crippen LogP contribution in [0.4, 0.5) is 0 Å². The average molecular weight is 283 g/mol. The number of rotatable bonds is 2. The first-order valence-electron chi connectivity index (χ1n) is 7.32. The number of hydrogen-bond donors (Lipinski definition) is 0. The van der Waals surface area contributed by atoms with Crippen molar-refractivity contribution < 1.29 is 4.79 Å². The van der Waals surface area contributed by atoms with Gasteiger partial charge in [0, 0.05) is 32.9 Å². The van der Waals surface area contributed by atoms with Crippen LogP contribution < -0.4 is 0 Å². The van der Waals surface area contributed by atoms with E-state index < -0.39 is 0 Å². The summed E-state index contributed by atoms with van der Waals surface area (Å²) in [5.74, 6) is 0.122. The summed E-state index contributed by atoms with van der Waals surface area (Å²) in [7, 11) is 4.04. The van der Waals surface area contributed by atoms with Crippen molar-refractivity contribution in [1.29, 1.82) is 0 Å². The van der Waals surface area contributed by atoms with Gasteiger partial charge >= 0.3 is 0 Å². The molecule has 1 amide bonds. The number of aromatic nitrogens is 1. The third-order valence-corrected chi connectivity index (χ3v) is 4.28. The molecule has 21 heavy (non-hydrogen) atoms. The number of carbonyl (C=O) groups is 1. The van der Waals surface area contributed by atoms with Gasteiger partial charge in [-0.25, -0.2) is 0 Å². The molecule has 3 rings (SSSR count). The predicted octanol–water partition coefficient (Wildman–Crippen LogP) is 2.15. The Morgan fingerprint density at radius 1 is 1.05 bits per heavy atom. The number of amides is 1. The first kappa shape index (κ1) is 13.9. The number of likely N-dealkylation sites (N-methyl/N-ethyl adjacent to an activating group) is 1. The number of piperazine rings is 1. The maximum atomic E-state index is 12.7. The van der Waals surface area contributed by atoms with Crippen LogP contribution in [0.15, 0.2) is 48.7 Å². The number of nitrogens with zero attached hydrogens (tertiary/aromatic N) is 3. The van der Waals surface area contributed by atoms with E-state index >= 15 is 0 Å². The summed E-state index contributed by atoms with van der Waals surface area (Å²) in [4.78, 5) is 16.9. The van der Waals surface area contributed by atoms with Gasteiger partial charge in [0.15, 0.2) is 0 Å². The van der Waals surface area contributed by atoms with E-state index in [4.69, 9.17) is 0 Å². The van der Waals surface area contributed by atoms with Crippen molar-refractivity contribution in [3.8, 4) is 0 Å². The standard InChI is InChI=1S/C17H21N3O/c1-18-10-6-9-15(18)17(21)20-12-11-19(2)16(13-20)14-7-4-3-5-8-14/h3-10,16H,11-13H2,1-2H3. The van der Waals surface area contributed by atoms with Crippen LogP contribution in [0.2, 0.25) is 0 Å². The summed E-state index contributed by atoms with van der Waals surface area (Å²) in [5, 5.41) is 0. The second-order valence-electron chi connectivity index (χ2n) is 5.66. The fraction of sp³-hybridized carbons (Fsp3) is 0.353. The zero-order valence-electron chi connectivity index (χ0n) is 12.6. The van der Waals surface area contributed by atoms with Crippen LogP contribution in [0.5, 0.6) is 0 Å². The largest absolute Gasteiger partial charge is 0.347 e. The van der Waals surface area contributed by atoms with Crippen molar-refractivity contribution in [2.45, 2.75) is 6.04 Å². The van der Waals surface area contributed by atoms with Gasteiger partial charge in [0.05, 0.1) is 6.04 Å². The highest BCUT2D eigenvalue weighted by molar-refractivity contribution is 5.92. The molecule has 1 aromatic heterocycles. The van der Waals surface area contributed by atoms with E-state index in [-0.39, 0.29) is 11.9 Å². The molecule has 1 atom stereocenters. The smallest absolute Gasteiger partial charge is 0.270 e. The van der Waals surface area contributed by atoms with Crippen LogP contribution >= 0.6 is 0 Å². The van der Waals surface area contributed by atoms with Gasteiger partial charge in [0.25, 0.3) is 5.91 Å². The second-order valence-corrected chi connectivity index (χ2v) is 5.66. The molecule has 4 heteroatoms. The molecule has 1 aliphatic heterocycles. The first-order chi connectivity index (χ1) is 10.2. The van der Waals surface area contributed by atoms with Gasteiger partial charge in [-0.3, -0.25) is 9.69 Å². The van der Waals surface area contributed by atoms with Crippen molar-refractivity contribution in [2.75, 3.05) is 26.7 Å². The van der Waals surface area contributed by atoms with Crippen molar-refractivity contribution in [3.05, 3.63) is 59.9 Å². The Morgan fingerprint density at radius 2 is 1.81 bits per heavy atom. The van der Waals surface area contributed by atoms with E-state index in [0.29, 0.717) is 0 Å². The Bertz CT molecular complexity index is 620. The van der Waals surface area contributed by atoms with E-state index in [1.807, 2.05) is 40.9 Å². The normalized spacial score (nSPS) is 19.7. The Balaban J connectivity index is 1.80. The highest BCUT2D eigenvalue weighted by Crippen LogP contribution is 2.24. The molecular formula is C17H21N3O. The highest BCUT2D eigenvalue weighted by Gasteiger charge is 2.29. The topological polar surface area (TPSA) is 28.5 Å². The maximum Gasteiger partial charge on any atom is 0.270 e. The van der Waals surface area contributed by atoms with Gasteiger partial charge in [0.1, 0.15) is 5.69 Å². The van der Waals surface area contributed by atoms with Crippen molar-refractivity contribution in [3.63, 3.8) is 0 Å². The fourth-order valence-corrected chi connectivity index (χ4v) is 2.94. The van der Waals surface area contributed by atoms with Crippen molar-refractivity contribution in [2.24, 2.45) is 7.05 Å². The van der Waals surface area contributed by atoms with Crippen molar-refractivity contribution in [1.82, 2.24) is 14.4 Å². The Morgan fingerprint density at radius 3 is 2.48 bits per heavy atom. The summed E-state index contributed by atoms with van der Waals surface area (Å²) in [6, 6.07) is 14.5. The predicted molar refractivity (Wildman–Crippen MR) is 83.1 cm³/mol. The fourth-order valence-electron chi connectivity index (χ4n) is 2.94.